The zero-order valence-corrected chi connectivity index (χ0v) is 20.0. The highest BCUT2D eigenvalue weighted by Gasteiger charge is 2.23. The fourth-order valence-corrected chi connectivity index (χ4v) is 3.01. The van der Waals surface area contributed by atoms with Gasteiger partial charge in [0.25, 0.3) is 0 Å². The van der Waals surface area contributed by atoms with E-state index in [-0.39, 0.29) is 36.3 Å². The topological polar surface area (TPSA) is 52.6 Å². The Balaban J connectivity index is 3.40. The summed E-state index contributed by atoms with van der Waals surface area (Å²) < 4.78 is 10.6. The maximum atomic E-state index is 11.8. The van der Waals surface area contributed by atoms with Crippen molar-refractivity contribution >= 4 is 11.9 Å². The number of carbonyl (C=O) groups excluding carboxylic acids is 2. The van der Waals surface area contributed by atoms with Crippen LogP contribution in [0, 0.1) is 5.41 Å². The van der Waals surface area contributed by atoms with Gasteiger partial charge in [-0.3, -0.25) is 9.59 Å². The van der Waals surface area contributed by atoms with E-state index in [0.29, 0.717) is 6.61 Å². The fraction of sp³-hybridized carbons (Fsp3) is 0.920. The molecule has 172 valence electrons. The minimum Gasteiger partial charge on any atom is -0.466 e. The molecule has 0 aliphatic rings. The predicted octanol–water partition coefficient (Wildman–Crippen LogP) is 7.38. The molecule has 0 amide bonds. The molecule has 4 nitrogen and oxygen atoms in total. The lowest BCUT2D eigenvalue weighted by Crippen LogP contribution is -2.28. The van der Waals surface area contributed by atoms with Crippen LogP contribution in [0.2, 0.25) is 0 Å². The van der Waals surface area contributed by atoms with E-state index in [1.807, 2.05) is 27.7 Å². The van der Waals surface area contributed by atoms with E-state index in [4.69, 9.17) is 9.47 Å². The van der Waals surface area contributed by atoms with Crippen LogP contribution < -0.4 is 0 Å². The van der Waals surface area contributed by atoms with E-state index >= 15 is 0 Å². The van der Waals surface area contributed by atoms with Crippen LogP contribution in [0.4, 0.5) is 0 Å². The van der Waals surface area contributed by atoms with Crippen molar-refractivity contribution in [1.29, 1.82) is 0 Å². The molecule has 0 rings (SSSR count). The smallest absolute Gasteiger partial charge is 0.306 e. The summed E-state index contributed by atoms with van der Waals surface area (Å²) in [5.41, 5.74) is -0.0928. The summed E-state index contributed by atoms with van der Waals surface area (Å²) in [5, 5.41) is 0. The van der Waals surface area contributed by atoms with Gasteiger partial charge in [0.15, 0.2) is 0 Å². The normalized spacial score (nSPS) is 12.6. The van der Waals surface area contributed by atoms with E-state index in [2.05, 4.69) is 6.92 Å². The molecule has 0 heterocycles. The van der Waals surface area contributed by atoms with Crippen LogP contribution in [-0.2, 0) is 19.1 Å². The van der Waals surface area contributed by atoms with Gasteiger partial charge in [0.2, 0.25) is 0 Å². The Hall–Kier alpha value is -1.06. The minimum absolute atomic E-state index is 0.0928. The molecule has 0 spiro atoms. The summed E-state index contributed by atoms with van der Waals surface area (Å²) in [5.74, 6) is -0.630. The van der Waals surface area contributed by atoms with Crippen molar-refractivity contribution in [3.05, 3.63) is 0 Å². The van der Waals surface area contributed by atoms with Crippen LogP contribution in [0.1, 0.15) is 131 Å². The van der Waals surface area contributed by atoms with Crippen molar-refractivity contribution in [3.63, 3.8) is 0 Å². The third kappa shape index (κ3) is 18.7. The maximum Gasteiger partial charge on any atom is 0.306 e. The molecule has 4 heteroatoms. The summed E-state index contributed by atoms with van der Waals surface area (Å²) in [6.07, 6.45) is 16.9. The number of hydrogen-bond donors (Lipinski definition) is 0. The average molecular weight is 413 g/mol. The van der Waals surface area contributed by atoms with Gasteiger partial charge in [0, 0.05) is 0 Å². The standard InChI is InChI=1S/C25H48O4/c1-6-7-8-9-10-11-12-13-14-15-16-17-18-21-28-23(26)19-20-24(27)29-22(2)25(3,4)5/h22H,6-21H2,1-5H3. The summed E-state index contributed by atoms with van der Waals surface area (Å²) in [6.45, 7) is 10.7. The molecule has 0 aromatic rings. The van der Waals surface area contributed by atoms with Crippen LogP contribution in [0.15, 0.2) is 0 Å². The highest BCUT2D eigenvalue weighted by Crippen LogP contribution is 2.22. The number of unbranched alkanes of at least 4 members (excludes halogenated alkanes) is 12. The zero-order valence-electron chi connectivity index (χ0n) is 20.0. The molecule has 29 heavy (non-hydrogen) atoms. The molecule has 0 aromatic heterocycles. The number of hydrogen-bond acceptors (Lipinski definition) is 4. The van der Waals surface area contributed by atoms with Crippen LogP contribution >= 0.6 is 0 Å². The number of carbonyl (C=O) groups is 2. The van der Waals surface area contributed by atoms with Crippen molar-refractivity contribution in [3.8, 4) is 0 Å². The van der Waals surface area contributed by atoms with Gasteiger partial charge in [0.1, 0.15) is 6.10 Å². The molecule has 0 saturated heterocycles. The molecule has 1 atom stereocenters. The molecule has 0 bridgehead atoms. The van der Waals surface area contributed by atoms with Crippen LogP contribution in [0.25, 0.3) is 0 Å². The number of ether oxygens (including phenoxy) is 2. The Morgan fingerprint density at radius 3 is 1.55 bits per heavy atom. The first kappa shape index (κ1) is 27.9. The summed E-state index contributed by atoms with van der Waals surface area (Å²) in [7, 11) is 0. The summed E-state index contributed by atoms with van der Waals surface area (Å²) >= 11 is 0. The molecule has 0 N–H and O–H groups in total. The second-order valence-electron chi connectivity index (χ2n) is 9.46. The SMILES string of the molecule is CCCCCCCCCCCCCCCOC(=O)CCC(=O)OC(C)C(C)(C)C. The maximum absolute atomic E-state index is 11.8. The van der Waals surface area contributed by atoms with Crippen LogP contribution in [0.3, 0.4) is 0 Å². The van der Waals surface area contributed by atoms with E-state index in [9.17, 15) is 9.59 Å². The largest absolute Gasteiger partial charge is 0.466 e. The van der Waals surface area contributed by atoms with Crippen LogP contribution in [0.5, 0.6) is 0 Å². The molecule has 0 fully saturated rings. The van der Waals surface area contributed by atoms with Gasteiger partial charge in [-0.15, -0.1) is 0 Å². The van der Waals surface area contributed by atoms with Gasteiger partial charge in [-0.1, -0.05) is 105 Å². The number of rotatable bonds is 18. The highest BCUT2D eigenvalue weighted by atomic mass is 16.5. The third-order valence-electron chi connectivity index (χ3n) is 5.57. The highest BCUT2D eigenvalue weighted by molar-refractivity contribution is 5.77. The average Bonchev–Trinajstić information content (AvgIpc) is 2.65. The first-order chi connectivity index (χ1) is 13.8. The summed E-state index contributed by atoms with van der Waals surface area (Å²) in [4.78, 5) is 23.5. The monoisotopic (exact) mass is 412 g/mol. The fourth-order valence-electron chi connectivity index (χ4n) is 3.01. The first-order valence-electron chi connectivity index (χ1n) is 12.1. The molecule has 0 radical (unpaired) electrons. The van der Waals surface area contributed by atoms with Gasteiger partial charge < -0.3 is 9.47 Å². The molecule has 0 aromatic carbocycles. The van der Waals surface area contributed by atoms with Gasteiger partial charge in [-0.25, -0.2) is 0 Å². The van der Waals surface area contributed by atoms with E-state index in [0.717, 1.165) is 12.8 Å². The second kappa shape index (κ2) is 17.8. The van der Waals surface area contributed by atoms with Crippen molar-refractivity contribution in [1.82, 2.24) is 0 Å². The van der Waals surface area contributed by atoms with Crippen molar-refractivity contribution in [2.45, 2.75) is 137 Å². The first-order valence-corrected chi connectivity index (χ1v) is 12.1. The van der Waals surface area contributed by atoms with E-state index < -0.39 is 0 Å². The predicted molar refractivity (Wildman–Crippen MR) is 121 cm³/mol. The lowest BCUT2D eigenvalue weighted by molar-refractivity contribution is -0.156. The van der Waals surface area contributed by atoms with Gasteiger partial charge >= 0.3 is 11.9 Å². The molecule has 0 aliphatic heterocycles. The second-order valence-corrected chi connectivity index (χ2v) is 9.46. The summed E-state index contributed by atoms with van der Waals surface area (Å²) in [6, 6.07) is 0. The van der Waals surface area contributed by atoms with Crippen molar-refractivity contribution in [2.75, 3.05) is 6.61 Å². The Kier molecular flexibility index (Phi) is 17.1. The van der Waals surface area contributed by atoms with Crippen molar-refractivity contribution in [2.24, 2.45) is 5.41 Å². The Morgan fingerprint density at radius 1 is 0.690 bits per heavy atom. The van der Waals surface area contributed by atoms with Gasteiger partial charge in [-0.05, 0) is 18.8 Å². The lowest BCUT2D eigenvalue weighted by atomic mass is 9.90. The van der Waals surface area contributed by atoms with Gasteiger partial charge in [-0.2, -0.15) is 0 Å². The molecule has 0 saturated carbocycles. The lowest BCUT2D eigenvalue weighted by Gasteiger charge is -2.26. The molecular weight excluding hydrogens is 364 g/mol. The Labute approximate surface area is 180 Å². The molecule has 0 aliphatic carbocycles. The molecule has 1 unspecified atom stereocenters. The van der Waals surface area contributed by atoms with E-state index in [1.54, 1.807) is 0 Å². The Morgan fingerprint density at radius 2 is 1.10 bits per heavy atom. The van der Waals surface area contributed by atoms with Gasteiger partial charge in [0.05, 0.1) is 19.4 Å². The number of esters is 2. The van der Waals surface area contributed by atoms with E-state index in [1.165, 1.54) is 70.6 Å². The van der Waals surface area contributed by atoms with Crippen molar-refractivity contribution < 1.29 is 19.1 Å². The zero-order chi connectivity index (χ0) is 22.0. The molecular formula is C25H48O4. The minimum atomic E-state index is -0.328. The quantitative estimate of drug-likeness (QED) is 0.174. The Bertz CT molecular complexity index is 412. The third-order valence-corrected chi connectivity index (χ3v) is 5.57. The van der Waals surface area contributed by atoms with Crippen LogP contribution in [-0.4, -0.2) is 24.6 Å².